The zero-order chi connectivity index (χ0) is 11.5. The van der Waals surface area contributed by atoms with Gasteiger partial charge in [0.1, 0.15) is 5.52 Å². The van der Waals surface area contributed by atoms with Crippen molar-refractivity contribution in [3.8, 4) is 0 Å². The molecule has 0 aliphatic carbocycles. The molecule has 0 aliphatic heterocycles. The van der Waals surface area contributed by atoms with Gasteiger partial charge < -0.3 is 15.0 Å². The smallest absolute Gasteiger partial charge is 0.201 e. The Labute approximate surface area is 92.8 Å². The van der Waals surface area contributed by atoms with Gasteiger partial charge in [-0.05, 0) is 19.1 Å². The molecule has 1 aromatic carbocycles. The van der Waals surface area contributed by atoms with Crippen LogP contribution in [-0.4, -0.2) is 22.8 Å². The fourth-order valence-electron chi connectivity index (χ4n) is 1.67. The van der Waals surface area contributed by atoms with E-state index in [0.29, 0.717) is 36.7 Å². The third-order valence-corrected chi connectivity index (χ3v) is 2.42. The molecule has 0 saturated carbocycles. The van der Waals surface area contributed by atoms with E-state index in [1.54, 1.807) is 16.7 Å². The van der Waals surface area contributed by atoms with Gasteiger partial charge in [0.25, 0.3) is 0 Å². The number of aromatic nitrogens is 2. The number of nitrogen functional groups attached to an aromatic ring is 1. The topological polar surface area (TPSA) is 53.1 Å². The summed E-state index contributed by atoms with van der Waals surface area (Å²) in [5.74, 6) is -0.0286. The van der Waals surface area contributed by atoms with Crippen molar-refractivity contribution in [2.75, 3.05) is 18.9 Å². The lowest BCUT2D eigenvalue weighted by atomic mass is 10.3. The molecule has 1 aromatic heterocycles. The molecule has 1 heterocycles. The lowest BCUT2D eigenvalue weighted by molar-refractivity contribution is 0.140. The number of ether oxygens (including phenoxy) is 1. The van der Waals surface area contributed by atoms with Crippen LogP contribution in [0.4, 0.5) is 10.3 Å². The molecule has 0 amide bonds. The molecule has 0 atom stereocenters. The van der Waals surface area contributed by atoms with Gasteiger partial charge in [-0.2, -0.15) is 0 Å². The molecule has 86 valence electrons. The highest BCUT2D eigenvalue weighted by Gasteiger charge is 2.10. The maximum absolute atomic E-state index is 13.4. The number of nitrogens with two attached hydrogens (primary N) is 1. The van der Waals surface area contributed by atoms with Gasteiger partial charge in [-0.15, -0.1) is 0 Å². The molecule has 0 unspecified atom stereocenters. The second-order valence-electron chi connectivity index (χ2n) is 3.43. The zero-order valence-electron chi connectivity index (χ0n) is 9.11. The van der Waals surface area contributed by atoms with Crippen LogP contribution in [-0.2, 0) is 11.3 Å². The number of hydrogen-bond acceptors (Lipinski definition) is 3. The van der Waals surface area contributed by atoms with E-state index in [1.165, 1.54) is 6.07 Å². The van der Waals surface area contributed by atoms with Gasteiger partial charge in [0.2, 0.25) is 5.95 Å². The molecule has 4 nitrogen and oxygen atoms in total. The molecule has 5 heteroatoms. The van der Waals surface area contributed by atoms with E-state index >= 15 is 0 Å². The summed E-state index contributed by atoms with van der Waals surface area (Å²) in [6.07, 6.45) is 0. The number of benzene rings is 1. The minimum Gasteiger partial charge on any atom is -0.380 e. The summed E-state index contributed by atoms with van der Waals surface area (Å²) < 4.78 is 20.4. The summed E-state index contributed by atoms with van der Waals surface area (Å²) in [6, 6.07) is 4.82. The molecule has 2 rings (SSSR count). The van der Waals surface area contributed by atoms with Crippen LogP contribution in [0, 0.1) is 5.82 Å². The Morgan fingerprint density at radius 2 is 2.31 bits per heavy atom. The number of imidazole rings is 1. The lowest BCUT2D eigenvalue weighted by Crippen LogP contribution is -2.08. The fraction of sp³-hybridized carbons (Fsp3) is 0.364. The highest BCUT2D eigenvalue weighted by molar-refractivity contribution is 5.78. The van der Waals surface area contributed by atoms with Gasteiger partial charge in [-0.3, -0.25) is 0 Å². The van der Waals surface area contributed by atoms with E-state index in [0.717, 1.165) is 0 Å². The summed E-state index contributed by atoms with van der Waals surface area (Å²) in [6.45, 7) is 3.71. The van der Waals surface area contributed by atoms with Crippen LogP contribution in [0.5, 0.6) is 0 Å². The Morgan fingerprint density at radius 3 is 3.06 bits per heavy atom. The summed E-state index contributed by atoms with van der Waals surface area (Å²) in [5, 5.41) is 0. The standard InChI is InChI=1S/C11H14FN3O/c1-2-16-7-6-15-9-5-3-4-8(12)10(9)14-11(15)13/h3-5H,2,6-7H2,1H3,(H2,13,14). The predicted octanol–water partition coefficient (Wildman–Crippen LogP) is 1.79. The highest BCUT2D eigenvalue weighted by Crippen LogP contribution is 2.20. The largest absolute Gasteiger partial charge is 0.380 e. The Morgan fingerprint density at radius 1 is 1.50 bits per heavy atom. The maximum Gasteiger partial charge on any atom is 0.201 e. The average Bonchev–Trinajstić information content (AvgIpc) is 2.58. The Balaban J connectivity index is 2.36. The number of anilines is 1. The molecule has 16 heavy (non-hydrogen) atoms. The fourth-order valence-corrected chi connectivity index (χ4v) is 1.67. The van der Waals surface area contributed by atoms with Crippen molar-refractivity contribution >= 4 is 17.0 Å². The minimum absolute atomic E-state index is 0.316. The van der Waals surface area contributed by atoms with Crippen molar-refractivity contribution in [1.29, 1.82) is 0 Å². The monoisotopic (exact) mass is 223 g/mol. The molecule has 0 spiro atoms. The summed E-state index contributed by atoms with van der Waals surface area (Å²) in [5.41, 5.74) is 6.76. The normalized spacial score (nSPS) is 11.1. The van der Waals surface area contributed by atoms with Crippen molar-refractivity contribution in [1.82, 2.24) is 9.55 Å². The SMILES string of the molecule is CCOCCn1c(N)nc2c(F)cccc21. The van der Waals surface area contributed by atoms with Crippen LogP contribution in [0.3, 0.4) is 0 Å². The van der Waals surface area contributed by atoms with Gasteiger partial charge >= 0.3 is 0 Å². The van der Waals surface area contributed by atoms with E-state index in [9.17, 15) is 4.39 Å². The Bertz CT molecular complexity index is 495. The second-order valence-corrected chi connectivity index (χ2v) is 3.43. The van der Waals surface area contributed by atoms with Gasteiger partial charge in [0.15, 0.2) is 5.82 Å². The lowest BCUT2D eigenvalue weighted by Gasteiger charge is -2.05. The van der Waals surface area contributed by atoms with Crippen LogP contribution in [0.2, 0.25) is 0 Å². The number of halogens is 1. The average molecular weight is 223 g/mol. The molecular weight excluding hydrogens is 209 g/mol. The number of rotatable bonds is 4. The molecule has 0 aliphatic rings. The molecule has 0 saturated heterocycles. The predicted molar refractivity (Wildman–Crippen MR) is 60.6 cm³/mol. The van der Waals surface area contributed by atoms with E-state index < -0.39 is 0 Å². The summed E-state index contributed by atoms with van der Waals surface area (Å²) in [7, 11) is 0. The molecule has 0 fully saturated rings. The van der Waals surface area contributed by atoms with Crippen LogP contribution in [0.25, 0.3) is 11.0 Å². The number of hydrogen-bond donors (Lipinski definition) is 1. The third kappa shape index (κ3) is 1.86. The molecular formula is C11H14FN3O. The first kappa shape index (κ1) is 10.9. The van der Waals surface area contributed by atoms with Gasteiger partial charge in [-0.1, -0.05) is 6.07 Å². The summed E-state index contributed by atoms with van der Waals surface area (Å²) in [4.78, 5) is 4.00. The van der Waals surface area contributed by atoms with Crippen molar-refractivity contribution in [2.24, 2.45) is 0 Å². The summed E-state index contributed by atoms with van der Waals surface area (Å²) >= 11 is 0. The third-order valence-electron chi connectivity index (χ3n) is 2.42. The van der Waals surface area contributed by atoms with Crippen molar-refractivity contribution in [3.05, 3.63) is 24.0 Å². The zero-order valence-corrected chi connectivity index (χ0v) is 9.11. The van der Waals surface area contributed by atoms with Gasteiger partial charge in [0, 0.05) is 13.2 Å². The van der Waals surface area contributed by atoms with Crippen LogP contribution in [0.1, 0.15) is 6.92 Å². The Hall–Kier alpha value is -1.62. The first-order valence-electron chi connectivity index (χ1n) is 5.22. The van der Waals surface area contributed by atoms with Crippen LogP contribution < -0.4 is 5.73 Å². The van der Waals surface area contributed by atoms with E-state index in [4.69, 9.17) is 10.5 Å². The minimum atomic E-state index is -0.348. The molecule has 2 N–H and O–H groups in total. The van der Waals surface area contributed by atoms with E-state index in [1.807, 2.05) is 6.92 Å². The first-order chi connectivity index (χ1) is 7.74. The maximum atomic E-state index is 13.4. The van der Waals surface area contributed by atoms with Gasteiger partial charge in [-0.25, -0.2) is 9.37 Å². The number of para-hydroxylation sites is 1. The number of nitrogens with zero attached hydrogens (tertiary/aromatic N) is 2. The first-order valence-corrected chi connectivity index (χ1v) is 5.22. The second kappa shape index (κ2) is 4.49. The van der Waals surface area contributed by atoms with Crippen molar-refractivity contribution in [2.45, 2.75) is 13.5 Å². The molecule has 0 radical (unpaired) electrons. The quantitative estimate of drug-likeness (QED) is 0.804. The van der Waals surface area contributed by atoms with Crippen LogP contribution in [0.15, 0.2) is 18.2 Å². The van der Waals surface area contributed by atoms with Crippen molar-refractivity contribution < 1.29 is 9.13 Å². The Kier molecular flexibility index (Phi) is 3.05. The van der Waals surface area contributed by atoms with Crippen molar-refractivity contribution in [3.63, 3.8) is 0 Å². The van der Waals surface area contributed by atoms with Gasteiger partial charge in [0.05, 0.1) is 12.1 Å². The molecule has 0 bridgehead atoms. The van der Waals surface area contributed by atoms with E-state index in [2.05, 4.69) is 4.98 Å². The number of fused-ring (bicyclic) bond motifs is 1. The van der Waals surface area contributed by atoms with Crippen LogP contribution >= 0.6 is 0 Å². The highest BCUT2D eigenvalue weighted by atomic mass is 19.1. The van der Waals surface area contributed by atoms with E-state index in [-0.39, 0.29) is 5.82 Å². The molecule has 2 aromatic rings.